The number of amides is 1. The Morgan fingerprint density at radius 1 is 1.50 bits per heavy atom. The Balaban J connectivity index is 2.04. The van der Waals surface area contributed by atoms with Crippen molar-refractivity contribution in [2.75, 3.05) is 13.1 Å². The third kappa shape index (κ3) is 2.09. The maximum atomic E-state index is 11.5. The fraction of sp³-hybridized carbons (Fsp3) is 0.462. The summed E-state index contributed by atoms with van der Waals surface area (Å²) in [7, 11) is 0. The standard InChI is InChI=1S/C13H18N2O/c1-3-14-13(16)9-15-8-11-6-4-5-7-12(11)10(15)2/h4-7,10H,3,8-9H2,1-2H3,(H,14,16). The van der Waals surface area contributed by atoms with E-state index >= 15 is 0 Å². The zero-order valence-electron chi connectivity index (χ0n) is 9.86. The molecule has 0 bridgehead atoms. The molecule has 1 atom stereocenters. The van der Waals surface area contributed by atoms with Gasteiger partial charge >= 0.3 is 0 Å². The molecule has 3 heteroatoms. The van der Waals surface area contributed by atoms with E-state index in [-0.39, 0.29) is 5.91 Å². The predicted molar refractivity (Wildman–Crippen MR) is 64.0 cm³/mol. The van der Waals surface area contributed by atoms with E-state index in [2.05, 4.69) is 41.4 Å². The minimum absolute atomic E-state index is 0.113. The first-order chi connectivity index (χ1) is 7.72. The van der Waals surface area contributed by atoms with Gasteiger partial charge in [-0.2, -0.15) is 0 Å². The Morgan fingerprint density at radius 2 is 2.25 bits per heavy atom. The summed E-state index contributed by atoms with van der Waals surface area (Å²) in [6.07, 6.45) is 0. The molecule has 1 N–H and O–H groups in total. The van der Waals surface area contributed by atoms with Gasteiger partial charge in [0.05, 0.1) is 6.54 Å². The molecule has 3 nitrogen and oxygen atoms in total. The molecular weight excluding hydrogens is 200 g/mol. The van der Waals surface area contributed by atoms with Crippen LogP contribution in [0.4, 0.5) is 0 Å². The molecule has 0 spiro atoms. The highest BCUT2D eigenvalue weighted by Gasteiger charge is 2.27. The van der Waals surface area contributed by atoms with Gasteiger partial charge in [-0.25, -0.2) is 0 Å². The van der Waals surface area contributed by atoms with E-state index in [0.29, 0.717) is 19.1 Å². The maximum Gasteiger partial charge on any atom is 0.234 e. The molecular formula is C13H18N2O. The number of hydrogen-bond donors (Lipinski definition) is 1. The molecule has 2 rings (SSSR count). The molecule has 0 fully saturated rings. The third-order valence-electron chi connectivity index (χ3n) is 3.15. The van der Waals surface area contributed by atoms with Crippen LogP contribution in [-0.4, -0.2) is 23.9 Å². The Kier molecular flexibility index (Phi) is 3.25. The van der Waals surface area contributed by atoms with E-state index in [4.69, 9.17) is 0 Å². The second kappa shape index (κ2) is 4.66. The van der Waals surface area contributed by atoms with Crippen LogP contribution in [0.25, 0.3) is 0 Å². The van der Waals surface area contributed by atoms with Crippen LogP contribution in [0.5, 0.6) is 0 Å². The van der Waals surface area contributed by atoms with Crippen molar-refractivity contribution < 1.29 is 4.79 Å². The van der Waals surface area contributed by atoms with E-state index in [1.165, 1.54) is 11.1 Å². The zero-order valence-corrected chi connectivity index (χ0v) is 9.86. The van der Waals surface area contributed by atoms with Crippen molar-refractivity contribution in [1.82, 2.24) is 10.2 Å². The highest BCUT2D eigenvalue weighted by molar-refractivity contribution is 5.78. The molecule has 0 aromatic heterocycles. The number of fused-ring (bicyclic) bond motifs is 1. The van der Waals surface area contributed by atoms with Gasteiger partial charge in [-0.3, -0.25) is 9.69 Å². The molecule has 1 aliphatic heterocycles. The average molecular weight is 218 g/mol. The molecule has 0 radical (unpaired) electrons. The number of rotatable bonds is 3. The summed E-state index contributed by atoms with van der Waals surface area (Å²) in [5.41, 5.74) is 2.70. The lowest BCUT2D eigenvalue weighted by Crippen LogP contribution is -2.35. The van der Waals surface area contributed by atoms with Gasteiger partial charge in [-0.15, -0.1) is 0 Å². The molecule has 86 valence electrons. The smallest absolute Gasteiger partial charge is 0.234 e. The van der Waals surface area contributed by atoms with Crippen LogP contribution in [0.15, 0.2) is 24.3 Å². The van der Waals surface area contributed by atoms with Crippen LogP contribution in [-0.2, 0) is 11.3 Å². The zero-order chi connectivity index (χ0) is 11.5. The van der Waals surface area contributed by atoms with Crippen molar-refractivity contribution in [2.45, 2.75) is 26.4 Å². The summed E-state index contributed by atoms with van der Waals surface area (Å²) < 4.78 is 0. The van der Waals surface area contributed by atoms with Gasteiger partial charge in [0.15, 0.2) is 0 Å². The molecule has 0 saturated carbocycles. The van der Waals surface area contributed by atoms with Crippen molar-refractivity contribution >= 4 is 5.91 Å². The summed E-state index contributed by atoms with van der Waals surface area (Å²) in [6, 6.07) is 8.76. The molecule has 1 aromatic carbocycles. The third-order valence-corrected chi connectivity index (χ3v) is 3.15. The summed E-state index contributed by atoms with van der Waals surface area (Å²) >= 11 is 0. The van der Waals surface area contributed by atoms with Gasteiger partial charge in [0.25, 0.3) is 0 Å². The Hall–Kier alpha value is -1.35. The van der Waals surface area contributed by atoms with Gasteiger partial charge in [-0.1, -0.05) is 24.3 Å². The van der Waals surface area contributed by atoms with Crippen LogP contribution >= 0.6 is 0 Å². The number of likely N-dealkylation sites (N-methyl/N-ethyl adjacent to an activating group) is 1. The number of benzene rings is 1. The molecule has 0 aliphatic carbocycles. The second-order valence-corrected chi connectivity index (χ2v) is 4.23. The molecule has 1 aliphatic rings. The summed E-state index contributed by atoms with van der Waals surface area (Å²) in [4.78, 5) is 13.7. The quantitative estimate of drug-likeness (QED) is 0.837. The number of nitrogens with one attached hydrogen (secondary N) is 1. The lowest BCUT2D eigenvalue weighted by Gasteiger charge is -2.20. The first kappa shape index (κ1) is 11.1. The van der Waals surface area contributed by atoms with Crippen LogP contribution < -0.4 is 5.32 Å². The van der Waals surface area contributed by atoms with Crippen LogP contribution in [0.1, 0.15) is 31.0 Å². The summed E-state index contributed by atoms with van der Waals surface area (Å²) in [6.45, 7) is 6.18. The Labute approximate surface area is 96.5 Å². The van der Waals surface area contributed by atoms with Crippen LogP contribution in [0, 0.1) is 0 Å². The largest absolute Gasteiger partial charge is 0.355 e. The van der Waals surface area contributed by atoms with Gasteiger partial charge in [-0.05, 0) is 25.0 Å². The second-order valence-electron chi connectivity index (χ2n) is 4.23. The van der Waals surface area contributed by atoms with Gasteiger partial charge in [0, 0.05) is 19.1 Å². The molecule has 1 unspecified atom stereocenters. The minimum atomic E-state index is 0.113. The van der Waals surface area contributed by atoms with Gasteiger partial charge < -0.3 is 5.32 Å². The highest BCUT2D eigenvalue weighted by Crippen LogP contribution is 2.32. The van der Waals surface area contributed by atoms with Crippen molar-refractivity contribution in [3.8, 4) is 0 Å². The summed E-state index contributed by atoms with van der Waals surface area (Å²) in [5, 5.41) is 2.84. The van der Waals surface area contributed by atoms with Gasteiger partial charge in [0.2, 0.25) is 5.91 Å². The summed E-state index contributed by atoms with van der Waals surface area (Å²) in [5.74, 6) is 0.113. The normalized spacial score (nSPS) is 19.5. The predicted octanol–water partition coefficient (Wildman–Crippen LogP) is 1.70. The van der Waals surface area contributed by atoms with Crippen molar-refractivity contribution in [3.05, 3.63) is 35.4 Å². The van der Waals surface area contributed by atoms with Crippen LogP contribution in [0.3, 0.4) is 0 Å². The van der Waals surface area contributed by atoms with E-state index in [1.807, 2.05) is 6.92 Å². The van der Waals surface area contributed by atoms with E-state index in [9.17, 15) is 4.79 Å². The topological polar surface area (TPSA) is 32.3 Å². The maximum absolute atomic E-state index is 11.5. The molecule has 0 saturated heterocycles. The van der Waals surface area contributed by atoms with Crippen molar-refractivity contribution in [3.63, 3.8) is 0 Å². The molecule has 1 heterocycles. The van der Waals surface area contributed by atoms with E-state index < -0.39 is 0 Å². The number of nitrogens with zero attached hydrogens (tertiary/aromatic N) is 1. The SMILES string of the molecule is CCNC(=O)CN1Cc2ccccc2C1C. The lowest BCUT2D eigenvalue weighted by molar-refractivity contribution is -0.122. The Morgan fingerprint density at radius 3 is 2.94 bits per heavy atom. The number of hydrogen-bond acceptors (Lipinski definition) is 2. The first-order valence-electron chi connectivity index (χ1n) is 5.81. The lowest BCUT2D eigenvalue weighted by atomic mass is 10.1. The minimum Gasteiger partial charge on any atom is -0.355 e. The van der Waals surface area contributed by atoms with Crippen molar-refractivity contribution in [2.24, 2.45) is 0 Å². The Bertz CT molecular complexity index is 389. The number of carbonyl (C=O) groups excluding carboxylic acids is 1. The van der Waals surface area contributed by atoms with Gasteiger partial charge in [0.1, 0.15) is 0 Å². The van der Waals surface area contributed by atoms with E-state index in [1.54, 1.807) is 0 Å². The molecule has 1 amide bonds. The average Bonchev–Trinajstić information content (AvgIpc) is 2.57. The van der Waals surface area contributed by atoms with E-state index in [0.717, 1.165) is 6.54 Å². The monoisotopic (exact) mass is 218 g/mol. The number of carbonyl (C=O) groups is 1. The van der Waals surface area contributed by atoms with Crippen molar-refractivity contribution in [1.29, 1.82) is 0 Å². The molecule has 16 heavy (non-hydrogen) atoms. The fourth-order valence-corrected chi connectivity index (χ4v) is 2.27. The fourth-order valence-electron chi connectivity index (χ4n) is 2.27. The first-order valence-corrected chi connectivity index (χ1v) is 5.81. The molecule has 1 aromatic rings. The van der Waals surface area contributed by atoms with Crippen LogP contribution in [0.2, 0.25) is 0 Å². The highest BCUT2D eigenvalue weighted by atomic mass is 16.2.